The molecule has 0 atom stereocenters. The Morgan fingerprint density at radius 1 is 1.21 bits per heavy atom. The van der Waals surface area contributed by atoms with Crippen LogP contribution < -0.4 is 10.6 Å². The first-order valence-corrected chi connectivity index (χ1v) is 8.29. The fourth-order valence-electron chi connectivity index (χ4n) is 2.68. The van der Waals surface area contributed by atoms with Gasteiger partial charge in [-0.15, -0.1) is 0 Å². The molecule has 0 bridgehead atoms. The molecule has 0 aliphatic carbocycles. The first kappa shape index (κ1) is 18.8. The molecule has 2 aromatic carbocycles. The summed E-state index contributed by atoms with van der Waals surface area (Å²) in [6.07, 6.45) is 1.33. The number of hydrogen-bond donors (Lipinski definition) is 2. The zero-order chi connectivity index (χ0) is 20.3. The van der Waals surface area contributed by atoms with E-state index >= 15 is 0 Å². The Hall–Kier alpha value is -4.01. The van der Waals surface area contributed by atoms with Crippen LogP contribution in [-0.4, -0.2) is 34.2 Å². The number of carbonyl (C=O) groups is 3. The highest BCUT2D eigenvalue weighted by Gasteiger charge is 2.35. The molecule has 28 heavy (non-hydrogen) atoms. The fourth-order valence-corrected chi connectivity index (χ4v) is 2.68. The number of aryl methyl sites for hydroxylation is 1. The smallest absolute Gasteiger partial charge is 0.325 e. The minimum absolute atomic E-state index is 0.0612. The molecule has 9 heteroatoms. The lowest BCUT2D eigenvalue weighted by atomic mass is 10.1. The van der Waals surface area contributed by atoms with Crippen molar-refractivity contribution in [2.45, 2.75) is 6.92 Å². The van der Waals surface area contributed by atoms with Crippen molar-refractivity contribution in [2.24, 2.45) is 0 Å². The van der Waals surface area contributed by atoms with Crippen molar-refractivity contribution < 1.29 is 19.3 Å². The van der Waals surface area contributed by atoms with E-state index in [0.29, 0.717) is 11.3 Å². The lowest BCUT2D eigenvalue weighted by Gasteiger charge is -2.12. The summed E-state index contributed by atoms with van der Waals surface area (Å²) in [4.78, 5) is 47.7. The molecule has 2 aromatic rings. The fraction of sp³-hybridized carbons (Fsp3) is 0.105. The SMILES string of the molecule is Cc1cccc(NC(=O)CN2C(=O)N/C(=C\c3cccc([N+](=O)[O-])c3)C2=O)c1. The number of amides is 4. The maximum atomic E-state index is 12.4. The van der Waals surface area contributed by atoms with Crippen LogP contribution in [0.25, 0.3) is 6.08 Å². The van der Waals surface area contributed by atoms with Crippen LogP contribution in [0.2, 0.25) is 0 Å². The number of urea groups is 1. The Kier molecular flexibility index (Phi) is 5.16. The quantitative estimate of drug-likeness (QED) is 0.357. The summed E-state index contributed by atoms with van der Waals surface area (Å²) in [6.45, 7) is 1.42. The summed E-state index contributed by atoms with van der Waals surface area (Å²) in [6, 6.07) is 12.0. The highest BCUT2D eigenvalue weighted by molar-refractivity contribution is 6.15. The number of hydrogen-bond acceptors (Lipinski definition) is 5. The second-order valence-electron chi connectivity index (χ2n) is 6.15. The third kappa shape index (κ3) is 4.21. The van der Waals surface area contributed by atoms with Gasteiger partial charge in [-0.25, -0.2) is 9.69 Å². The van der Waals surface area contributed by atoms with Gasteiger partial charge in [-0.2, -0.15) is 0 Å². The van der Waals surface area contributed by atoms with Crippen molar-refractivity contribution in [2.75, 3.05) is 11.9 Å². The Labute approximate surface area is 159 Å². The van der Waals surface area contributed by atoms with E-state index in [1.54, 1.807) is 24.3 Å². The Morgan fingerprint density at radius 3 is 2.68 bits per heavy atom. The van der Waals surface area contributed by atoms with Gasteiger partial charge in [0.15, 0.2) is 0 Å². The average molecular weight is 380 g/mol. The molecule has 1 fully saturated rings. The lowest BCUT2D eigenvalue weighted by molar-refractivity contribution is -0.384. The van der Waals surface area contributed by atoms with Crippen LogP contribution in [0.1, 0.15) is 11.1 Å². The molecule has 0 unspecified atom stereocenters. The minimum Gasteiger partial charge on any atom is -0.325 e. The lowest BCUT2D eigenvalue weighted by Crippen LogP contribution is -2.38. The number of nitro benzene ring substituents is 1. The molecule has 3 rings (SSSR count). The number of nitro groups is 1. The molecule has 1 saturated heterocycles. The number of rotatable bonds is 5. The number of carbonyl (C=O) groups excluding carboxylic acids is 3. The average Bonchev–Trinajstić information content (AvgIpc) is 2.89. The number of benzene rings is 2. The number of nitrogens with zero attached hydrogens (tertiary/aromatic N) is 2. The van der Waals surface area contributed by atoms with Crippen molar-refractivity contribution >= 4 is 35.3 Å². The molecule has 0 spiro atoms. The summed E-state index contributed by atoms with van der Waals surface area (Å²) >= 11 is 0. The van der Waals surface area contributed by atoms with Gasteiger partial charge in [-0.05, 0) is 36.3 Å². The Morgan fingerprint density at radius 2 is 1.96 bits per heavy atom. The van der Waals surface area contributed by atoms with Crippen LogP contribution >= 0.6 is 0 Å². The van der Waals surface area contributed by atoms with E-state index in [4.69, 9.17) is 0 Å². The van der Waals surface area contributed by atoms with E-state index in [9.17, 15) is 24.5 Å². The van der Waals surface area contributed by atoms with Gasteiger partial charge in [0.1, 0.15) is 12.2 Å². The topological polar surface area (TPSA) is 122 Å². The van der Waals surface area contributed by atoms with Gasteiger partial charge in [-0.3, -0.25) is 19.7 Å². The van der Waals surface area contributed by atoms with Gasteiger partial charge in [0.05, 0.1) is 4.92 Å². The first-order chi connectivity index (χ1) is 13.3. The van der Waals surface area contributed by atoms with Gasteiger partial charge in [0.2, 0.25) is 5.91 Å². The van der Waals surface area contributed by atoms with Crippen LogP contribution in [0.15, 0.2) is 54.2 Å². The van der Waals surface area contributed by atoms with Crippen LogP contribution in [0.4, 0.5) is 16.2 Å². The third-order valence-corrected chi connectivity index (χ3v) is 3.96. The van der Waals surface area contributed by atoms with Crippen molar-refractivity contribution in [3.05, 3.63) is 75.5 Å². The van der Waals surface area contributed by atoms with E-state index in [2.05, 4.69) is 10.6 Å². The largest absolute Gasteiger partial charge is 0.329 e. The summed E-state index contributed by atoms with van der Waals surface area (Å²) in [7, 11) is 0. The van der Waals surface area contributed by atoms with Crippen LogP contribution in [0, 0.1) is 17.0 Å². The molecular weight excluding hydrogens is 364 g/mol. The van der Waals surface area contributed by atoms with Crippen molar-refractivity contribution in [1.29, 1.82) is 0 Å². The number of nitrogens with one attached hydrogen (secondary N) is 2. The molecule has 9 nitrogen and oxygen atoms in total. The summed E-state index contributed by atoms with van der Waals surface area (Å²) < 4.78 is 0. The van der Waals surface area contributed by atoms with Crippen molar-refractivity contribution in [1.82, 2.24) is 10.2 Å². The third-order valence-electron chi connectivity index (χ3n) is 3.96. The van der Waals surface area contributed by atoms with E-state index < -0.39 is 29.3 Å². The van der Waals surface area contributed by atoms with E-state index in [1.807, 2.05) is 13.0 Å². The van der Waals surface area contributed by atoms with Crippen molar-refractivity contribution in [3.63, 3.8) is 0 Å². The second kappa shape index (κ2) is 7.70. The Balaban J connectivity index is 1.72. The summed E-state index contributed by atoms with van der Waals surface area (Å²) in [5, 5.41) is 15.9. The summed E-state index contributed by atoms with van der Waals surface area (Å²) in [5.74, 6) is -1.21. The second-order valence-corrected chi connectivity index (χ2v) is 6.15. The summed E-state index contributed by atoms with van der Waals surface area (Å²) in [5.41, 5.74) is 1.69. The molecule has 1 aliphatic rings. The molecule has 1 aliphatic heterocycles. The van der Waals surface area contributed by atoms with Gasteiger partial charge in [-0.1, -0.05) is 24.3 Å². The molecule has 2 N–H and O–H groups in total. The highest BCUT2D eigenvalue weighted by Crippen LogP contribution is 2.18. The van der Waals surface area contributed by atoms with Gasteiger partial charge < -0.3 is 10.6 Å². The monoisotopic (exact) mass is 380 g/mol. The van der Waals surface area contributed by atoms with Gasteiger partial charge >= 0.3 is 6.03 Å². The molecular formula is C19H16N4O5. The number of non-ortho nitro benzene ring substituents is 1. The minimum atomic E-state index is -0.735. The van der Waals surface area contributed by atoms with Gasteiger partial charge in [0.25, 0.3) is 11.6 Å². The van der Waals surface area contributed by atoms with Crippen LogP contribution in [0.5, 0.6) is 0 Å². The van der Waals surface area contributed by atoms with E-state index in [1.165, 1.54) is 24.3 Å². The predicted octanol–water partition coefficient (Wildman–Crippen LogP) is 2.43. The van der Waals surface area contributed by atoms with Crippen LogP contribution in [-0.2, 0) is 9.59 Å². The molecule has 0 radical (unpaired) electrons. The predicted molar refractivity (Wildman–Crippen MR) is 101 cm³/mol. The van der Waals surface area contributed by atoms with Crippen molar-refractivity contribution in [3.8, 4) is 0 Å². The Bertz CT molecular complexity index is 1010. The highest BCUT2D eigenvalue weighted by atomic mass is 16.6. The first-order valence-electron chi connectivity index (χ1n) is 8.29. The zero-order valence-corrected chi connectivity index (χ0v) is 14.8. The number of anilines is 1. The van der Waals surface area contributed by atoms with E-state index in [0.717, 1.165) is 10.5 Å². The maximum absolute atomic E-state index is 12.4. The standard InChI is InChI=1S/C19H16N4O5/c1-12-4-2-6-14(8-12)20-17(24)11-22-18(25)16(21-19(22)26)10-13-5-3-7-15(9-13)23(27)28/h2-10H,11H2,1H3,(H,20,24)(H,21,26)/b16-10-. The zero-order valence-electron chi connectivity index (χ0n) is 14.8. The molecule has 142 valence electrons. The molecule has 4 amide bonds. The molecule has 1 heterocycles. The van der Waals surface area contributed by atoms with E-state index in [-0.39, 0.29) is 11.4 Å². The number of imide groups is 1. The maximum Gasteiger partial charge on any atom is 0.329 e. The normalized spacial score (nSPS) is 14.9. The van der Waals surface area contributed by atoms with Crippen LogP contribution in [0.3, 0.4) is 0 Å². The molecule has 0 aromatic heterocycles. The van der Waals surface area contributed by atoms with Gasteiger partial charge in [0, 0.05) is 17.8 Å². The molecule has 0 saturated carbocycles.